The molecule has 2 aromatic carbocycles. The van der Waals surface area contributed by atoms with Gasteiger partial charge in [0.05, 0.1) is 20.7 Å². The van der Waals surface area contributed by atoms with Crippen LogP contribution in [0.25, 0.3) is 10.2 Å². The summed E-state index contributed by atoms with van der Waals surface area (Å²) in [4.78, 5) is 22.2. The van der Waals surface area contributed by atoms with Gasteiger partial charge in [-0.25, -0.2) is 13.4 Å². The maximum absolute atomic E-state index is 13.6. The van der Waals surface area contributed by atoms with Crippen molar-refractivity contribution >= 4 is 65.5 Å². The van der Waals surface area contributed by atoms with Crippen molar-refractivity contribution in [1.82, 2.24) is 4.98 Å². The summed E-state index contributed by atoms with van der Waals surface area (Å²) < 4.78 is 25.6. The Balaban J connectivity index is 1.79. The van der Waals surface area contributed by atoms with E-state index < -0.39 is 9.84 Å². The summed E-state index contributed by atoms with van der Waals surface area (Å²) in [6, 6.07) is 16.3. The smallest absolute Gasteiger partial charge is 0.261 e. The standard InChI is InChI=1S/C22H20N2O3S4/c1-28-17-9-5-10-18-20(17)23-22(30-18)24(13-12-15-7-6-14-29-15)21(25)16-8-3-4-11-19(16)31(2,26)27/h3-11,14H,12-13H2,1-2H3. The summed E-state index contributed by atoms with van der Waals surface area (Å²) in [7, 11) is -3.55. The second-order valence-electron chi connectivity index (χ2n) is 6.86. The normalized spacial score (nSPS) is 11.7. The largest absolute Gasteiger partial charge is 0.284 e. The van der Waals surface area contributed by atoms with Crippen molar-refractivity contribution in [2.75, 3.05) is 24.0 Å². The fraction of sp³-hybridized carbons (Fsp3) is 0.182. The second kappa shape index (κ2) is 9.12. The third-order valence-corrected chi connectivity index (χ3v) is 8.65. The van der Waals surface area contributed by atoms with Gasteiger partial charge in [-0.2, -0.15) is 0 Å². The van der Waals surface area contributed by atoms with Gasteiger partial charge < -0.3 is 0 Å². The summed E-state index contributed by atoms with van der Waals surface area (Å²) in [5.74, 6) is -0.359. The van der Waals surface area contributed by atoms with Gasteiger partial charge in [0, 0.05) is 22.6 Å². The minimum absolute atomic E-state index is 0.0343. The molecule has 0 spiro atoms. The fourth-order valence-electron chi connectivity index (χ4n) is 3.26. The first-order chi connectivity index (χ1) is 14.9. The summed E-state index contributed by atoms with van der Waals surface area (Å²) in [5, 5.41) is 2.57. The van der Waals surface area contributed by atoms with E-state index in [-0.39, 0.29) is 16.4 Å². The Morgan fingerprint density at radius 2 is 1.90 bits per heavy atom. The van der Waals surface area contributed by atoms with Gasteiger partial charge in [0.1, 0.15) is 0 Å². The van der Waals surface area contributed by atoms with Gasteiger partial charge in [-0.1, -0.05) is 35.6 Å². The van der Waals surface area contributed by atoms with Crippen LogP contribution in [0.1, 0.15) is 15.2 Å². The number of anilines is 1. The molecule has 4 aromatic rings. The highest BCUT2D eigenvalue weighted by Crippen LogP contribution is 2.35. The van der Waals surface area contributed by atoms with Crippen LogP contribution in [0.4, 0.5) is 5.13 Å². The highest BCUT2D eigenvalue weighted by Gasteiger charge is 2.26. The highest BCUT2D eigenvalue weighted by atomic mass is 32.2. The van der Waals surface area contributed by atoms with Gasteiger partial charge in [0.2, 0.25) is 0 Å². The summed E-state index contributed by atoms with van der Waals surface area (Å²) in [5.41, 5.74) is 1.03. The lowest BCUT2D eigenvalue weighted by Crippen LogP contribution is -2.33. The van der Waals surface area contributed by atoms with Crippen LogP contribution in [0.15, 0.2) is 69.8 Å². The van der Waals surface area contributed by atoms with Gasteiger partial charge in [-0.3, -0.25) is 9.69 Å². The molecule has 9 heteroatoms. The summed E-state index contributed by atoms with van der Waals surface area (Å²) in [6.07, 6.45) is 3.78. The number of thiophene rings is 1. The molecule has 2 heterocycles. The number of thiazole rings is 1. The number of benzene rings is 2. The third kappa shape index (κ3) is 4.69. The number of carbonyl (C=O) groups is 1. The zero-order valence-corrected chi connectivity index (χ0v) is 20.2. The van der Waals surface area contributed by atoms with Gasteiger partial charge in [-0.15, -0.1) is 23.1 Å². The zero-order valence-electron chi connectivity index (χ0n) is 16.9. The van der Waals surface area contributed by atoms with E-state index >= 15 is 0 Å². The quantitative estimate of drug-likeness (QED) is 0.327. The number of thioether (sulfide) groups is 1. The molecule has 160 valence electrons. The van der Waals surface area contributed by atoms with E-state index in [1.807, 2.05) is 42.0 Å². The van der Waals surface area contributed by atoms with Crippen molar-refractivity contribution < 1.29 is 13.2 Å². The molecule has 0 atom stereocenters. The van der Waals surface area contributed by atoms with E-state index in [4.69, 9.17) is 4.98 Å². The maximum Gasteiger partial charge on any atom is 0.261 e. The number of aromatic nitrogens is 1. The Morgan fingerprint density at radius 3 is 2.61 bits per heavy atom. The molecule has 2 aromatic heterocycles. The number of rotatable bonds is 7. The van der Waals surface area contributed by atoms with Crippen molar-refractivity contribution in [3.8, 4) is 0 Å². The van der Waals surface area contributed by atoms with Crippen molar-refractivity contribution in [2.24, 2.45) is 0 Å². The van der Waals surface area contributed by atoms with Crippen LogP contribution in [-0.4, -0.2) is 38.4 Å². The van der Waals surface area contributed by atoms with Crippen LogP contribution in [0.2, 0.25) is 0 Å². The molecular weight excluding hydrogens is 469 g/mol. The lowest BCUT2D eigenvalue weighted by atomic mass is 10.2. The van der Waals surface area contributed by atoms with Crippen molar-refractivity contribution in [1.29, 1.82) is 0 Å². The van der Waals surface area contributed by atoms with Crippen LogP contribution in [0.3, 0.4) is 0 Å². The molecule has 5 nitrogen and oxygen atoms in total. The van der Waals surface area contributed by atoms with Gasteiger partial charge in [-0.05, 0) is 48.4 Å². The molecule has 1 amide bonds. The third-order valence-electron chi connectivity index (χ3n) is 4.75. The van der Waals surface area contributed by atoms with Crippen molar-refractivity contribution in [2.45, 2.75) is 16.2 Å². The molecule has 4 rings (SSSR count). The van der Waals surface area contributed by atoms with Gasteiger partial charge in [0.25, 0.3) is 5.91 Å². The molecule has 0 fully saturated rings. The van der Waals surface area contributed by atoms with E-state index in [2.05, 4.69) is 0 Å². The lowest BCUT2D eigenvalue weighted by Gasteiger charge is -2.21. The Labute approximate surface area is 193 Å². The second-order valence-corrected chi connectivity index (χ2v) is 11.7. The minimum Gasteiger partial charge on any atom is -0.284 e. The SMILES string of the molecule is CSc1cccc2sc(N(CCc3cccs3)C(=O)c3ccccc3S(C)(=O)=O)nc12. The molecule has 0 N–H and O–H groups in total. The molecule has 0 radical (unpaired) electrons. The first kappa shape index (κ1) is 22.0. The van der Waals surface area contributed by atoms with E-state index in [1.54, 1.807) is 46.2 Å². The molecule has 0 saturated carbocycles. The molecule has 31 heavy (non-hydrogen) atoms. The van der Waals surface area contributed by atoms with Crippen LogP contribution in [-0.2, 0) is 16.3 Å². The fourth-order valence-corrected chi connectivity index (χ4v) is 6.49. The number of hydrogen-bond acceptors (Lipinski definition) is 7. The van der Waals surface area contributed by atoms with Gasteiger partial charge >= 0.3 is 0 Å². The predicted molar refractivity (Wildman–Crippen MR) is 131 cm³/mol. The zero-order chi connectivity index (χ0) is 22.0. The van der Waals surface area contributed by atoms with Crippen LogP contribution >= 0.6 is 34.4 Å². The van der Waals surface area contributed by atoms with E-state index in [9.17, 15) is 13.2 Å². The van der Waals surface area contributed by atoms with Crippen molar-refractivity contribution in [3.63, 3.8) is 0 Å². The number of carbonyl (C=O) groups excluding carboxylic acids is 1. The summed E-state index contributed by atoms with van der Waals surface area (Å²) >= 11 is 4.68. The predicted octanol–water partition coefficient (Wildman–Crippen LogP) is 5.37. The number of nitrogens with zero attached hydrogens (tertiary/aromatic N) is 2. The van der Waals surface area contributed by atoms with Gasteiger partial charge in [0.15, 0.2) is 15.0 Å². The molecule has 0 aliphatic heterocycles. The number of hydrogen-bond donors (Lipinski definition) is 0. The minimum atomic E-state index is -3.55. The monoisotopic (exact) mass is 488 g/mol. The maximum atomic E-state index is 13.6. The highest BCUT2D eigenvalue weighted by molar-refractivity contribution is 7.98. The number of amides is 1. The number of fused-ring (bicyclic) bond motifs is 1. The molecule has 0 unspecified atom stereocenters. The number of sulfone groups is 1. The number of para-hydroxylation sites is 1. The van der Waals surface area contributed by atoms with E-state index in [0.717, 1.165) is 26.2 Å². The van der Waals surface area contributed by atoms with Crippen LogP contribution < -0.4 is 4.90 Å². The lowest BCUT2D eigenvalue weighted by molar-refractivity contribution is 0.0984. The van der Waals surface area contributed by atoms with Crippen LogP contribution in [0, 0.1) is 0 Å². The Bertz CT molecular complexity index is 1330. The Kier molecular flexibility index (Phi) is 6.47. The molecule has 0 aliphatic carbocycles. The Morgan fingerprint density at radius 1 is 1.10 bits per heavy atom. The first-order valence-corrected chi connectivity index (χ1v) is 14.3. The summed E-state index contributed by atoms with van der Waals surface area (Å²) in [6.45, 7) is 0.409. The van der Waals surface area contributed by atoms with E-state index in [0.29, 0.717) is 18.1 Å². The molecular formula is C22H20N2O3S4. The average Bonchev–Trinajstić information content (AvgIpc) is 3.42. The first-order valence-electron chi connectivity index (χ1n) is 9.45. The topological polar surface area (TPSA) is 67.3 Å². The molecule has 0 aliphatic rings. The molecule has 0 saturated heterocycles. The molecule has 0 bridgehead atoms. The van der Waals surface area contributed by atoms with Crippen molar-refractivity contribution in [3.05, 3.63) is 70.4 Å². The average molecular weight is 489 g/mol. The van der Waals surface area contributed by atoms with Crippen LogP contribution in [0.5, 0.6) is 0 Å². The Hall–Kier alpha value is -2.20. The van der Waals surface area contributed by atoms with E-state index in [1.165, 1.54) is 17.4 Å².